The third-order valence-corrected chi connectivity index (χ3v) is 6.02. The number of benzene rings is 1. The molecule has 2 aliphatic rings. The molecular formula is C18H20OS. The van der Waals surface area contributed by atoms with Crippen LogP contribution in [0.2, 0.25) is 0 Å². The number of aryl methyl sites for hydroxylation is 4. The lowest BCUT2D eigenvalue weighted by Crippen LogP contribution is -2.00. The summed E-state index contributed by atoms with van der Waals surface area (Å²) in [5.74, 6) is 0. The lowest BCUT2D eigenvalue weighted by molar-refractivity contribution is 0.182. The maximum absolute atomic E-state index is 10.5. The van der Waals surface area contributed by atoms with Crippen LogP contribution in [0.25, 0.3) is 0 Å². The van der Waals surface area contributed by atoms with Crippen molar-refractivity contribution in [3.05, 3.63) is 56.3 Å². The van der Waals surface area contributed by atoms with Gasteiger partial charge in [-0.05, 0) is 66.8 Å². The smallest absolute Gasteiger partial charge is 0.0922 e. The largest absolute Gasteiger partial charge is 0.387 e. The van der Waals surface area contributed by atoms with Crippen LogP contribution in [-0.4, -0.2) is 5.11 Å². The first kappa shape index (κ1) is 12.6. The van der Waals surface area contributed by atoms with Gasteiger partial charge in [0.2, 0.25) is 0 Å². The summed E-state index contributed by atoms with van der Waals surface area (Å²) in [7, 11) is 0. The summed E-state index contributed by atoms with van der Waals surface area (Å²) in [6, 6.07) is 9.02. The lowest BCUT2D eigenvalue weighted by Gasteiger charge is -2.10. The average Bonchev–Trinajstić information content (AvgIpc) is 3.12. The van der Waals surface area contributed by atoms with Crippen molar-refractivity contribution in [2.75, 3.05) is 0 Å². The number of rotatable bonds is 3. The minimum Gasteiger partial charge on any atom is -0.387 e. The van der Waals surface area contributed by atoms with Crippen molar-refractivity contribution in [3.8, 4) is 0 Å². The molecule has 1 atom stereocenters. The Labute approximate surface area is 124 Å². The van der Waals surface area contributed by atoms with Crippen LogP contribution < -0.4 is 0 Å². The molecule has 4 rings (SSSR count). The summed E-state index contributed by atoms with van der Waals surface area (Å²) >= 11 is 1.82. The van der Waals surface area contributed by atoms with E-state index in [2.05, 4.69) is 24.3 Å². The Morgan fingerprint density at radius 3 is 2.65 bits per heavy atom. The summed E-state index contributed by atoms with van der Waals surface area (Å²) in [5.41, 5.74) is 5.78. The zero-order valence-corrected chi connectivity index (χ0v) is 12.5. The first-order chi connectivity index (χ1) is 9.79. The zero-order valence-electron chi connectivity index (χ0n) is 11.7. The van der Waals surface area contributed by atoms with Gasteiger partial charge in [0.05, 0.1) is 6.10 Å². The molecule has 0 bridgehead atoms. The van der Waals surface area contributed by atoms with Crippen LogP contribution in [-0.2, 0) is 32.1 Å². The second-order valence-electron chi connectivity index (χ2n) is 6.13. The summed E-state index contributed by atoms with van der Waals surface area (Å²) < 4.78 is 0. The SMILES string of the molecule is OC(Cc1ccc2c(c1)CCC2)c1cc2c(s1)CCC2. The molecule has 104 valence electrons. The van der Waals surface area contributed by atoms with Gasteiger partial charge in [-0.1, -0.05) is 18.2 Å². The summed E-state index contributed by atoms with van der Waals surface area (Å²) in [4.78, 5) is 2.67. The van der Waals surface area contributed by atoms with E-state index in [4.69, 9.17) is 0 Å². The molecule has 1 nitrogen and oxygen atoms in total. The Bertz CT molecular complexity index is 619. The molecule has 1 heterocycles. The third-order valence-electron chi connectivity index (χ3n) is 4.69. The number of aliphatic hydroxyl groups is 1. The normalized spacial score (nSPS) is 18.1. The van der Waals surface area contributed by atoms with E-state index in [9.17, 15) is 5.11 Å². The predicted octanol–water partition coefficient (Wildman–Crippen LogP) is 4.00. The maximum Gasteiger partial charge on any atom is 0.0922 e. The Balaban J connectivity index is 1.53. The fourth-order valence-electron chi connectivity index (χ4n) is 3.59. The highest BCUT2D eigenvalue weighted by atomic mass is 32.1. The molecule has 2 aromatic rings. The van der Waals surface area contributed by atoms with Gasteiger partial charge in [-0.2, -0.15) is 0 Å². The summed E-state index contributed by atoms with van der Waals surface area (Å²) in [6.07, 6.45) is 7.88. The Morgan fingerprint density at radius 1 is 0.950 bits per heavy atom. The molecule has 0 radical (unpaired) electrons. The van der Waals surface area contributed by atoms with Crippen molar-refractivity contribution in [1.82, 2.24) is 0 Å². The molecular weight excluding hydrogens is 264 g/mol. The quantitative estimate of drug-likeness (QED) is 0.903. The molecule has 0 aliphatic heterocycles. The molecule has 1 aromatic carbocycles. The van der Waals surface area contributed by atoms with Crippen LogP contribution in [0.4, 0.5) is 0 Å². The highest BCUT2D eigenvalue weighted by Gasteiger charge is 2.19. The molecule has 0 fully saturated rings. The van der Waals surface area contributed by atoms with Gasteiger partial charge in [0, 0.05) is 16.2 Å². The van der Waals surface area contributed by atoms with Crippen LogP contribution in [0, 0.1) is 0 Å². The number of hydrogen-bond acceptors (Lipinski definition) is 2. The van der Waals surface area contributed by atoms with E-state index in [0.717, 1.165) is 11.3 Å². The summed E-state index contributed by atoms with van der Waals surface area (Å²) in [5, 5.41) is 10.5. The zero-order chi connectivity index (χ0) is 13.5. The van der Waals surface area contributed by atoms with Crippen LogP contribution in [0.3, 0.4) is 0 Å². The highest BCUT2D eigenvalue weighted by Crippen LogP contribution is 2.35. The fraction of sp³-hybridized carbons (Fsp3) is 0.444. The van der Waals surface area contributed by atoms with Gasteiger partial charge < -0.3 is 5.11 Å². The van der Waals surface area contributed by atoms with Gasteiger partial charge in [-0.3, -0.25) is 0 Å². The van der Waals surface area contributed by atoms with Crippen molar-refractivity contribution >= 4 is 11.3 Å². The number of aliphatic hydroxyl groups excluding tert-OH is 1. The number of thiophene rings is 1. The first-order valence-electron chi connectivity index (χ1n) is 7.70. The third kappa shape index (κ3) is 2.21. The van der Waals surface area contributed by atoms with Crippen molar-refractivity contribution in [1.29, 1.82) is 0 Å². The average molecular weight is 284 g/mol. The van der Waals surface area contributed by atoms with Crippen LogP contribution in [0.15, 0.2) is 24.3 Å². The molecule has 1 unspecified atom stereocenters. The molecule has 20 heavy (non-hydrogen) atoms. The van der Waals surface area contributed by atoms with E-state index < -0.39 is 0 Å². The minimum absolute atomic E-state index is 0.329. The molecule has 2 heteroatoms. The van der Waals surface area contributed by atoms with Gasteiger partial charge in [0.25, 0.3) is 0 Å². The second kappa shape index (κ2) is 5.01. The standard InChI is InChI=1S/C18H20OS/c19-16(18-11-15-5-2-6-17(15)20-18)10-12-7-8-13-3-1-4-14(13)9-12/h7-9,11,16,19H,1-6,10H2. The Hall–Kier alpha value is -1.12. The van der Waals surface area contributed by atoms with E-state index in [1.54, 1.807) is 0 Å². The van der Waals surface area contributed by atoms with E-state index in [1.807, 2.05) is 11.3 Å². The monoisotopic (exact) mass is 284 g/mol. The molecule has 0 saturated heterocycles. The Morgan fingerprint density at radius 2 is 1.75 bits per heavy atom. The molecule has 1 aromatic heterocycles. The van der Waals surface area contributed by atoms with Crippen molar-refractivity contribution in [2.24, 2.45) is 0 Å². The van der Waals surface area contributed by atoms with E-state index in [1.165, 1.54) is 65.7 Å². The molecule has 2 aliphatic carbocycles. The van der Waals surface area contributed by atoms with Gasteiger partial charge in [0.1, 0.15) is 0 Å². The van der Waals surface area contributed by atoms with Gasteiger partial charge in [-0.25, -0.2) is 0 Å². The minimum atomic E-state index is -0.329. The van der Waals surface area contributed by atoms with E-state index in [-0.39, 0.29) is 6.10 Å². The topological polar surface area (TPSA) is 20.2 Å². The first-order valence-corrected chi connectivity index (χ1v) is 8.51. The highest BCUT2D eigenvalue weighted by molar-refractivity contribution is 7.12. The maximum atomic E-state index is 10.5. The second-order valence-corrected chi connectivity index (χ2v) is 7.30. The molecule has 0 saturated carbocycles. The number of fused-ring (bicyclic) bond motifs is 2. The summed E-state index contributed by atoms with van der Waals surface area (Å²) in [6.45, 7) is 0. The number of hydrogen-bond donors (Lipinski definition) is 1. The van der Waals surface area contributed by atoms with Crippen molar-refractivity contribution in [2.45, 2.75) is 51.0 Å². The van der Waals surface area contributed by atoms with E-state index >= 15 is 0 Å². The van der Waals surface area contributed by atoms with Crippen LogP contribution >= 0.6 is 11.3 Å². The fourth-order valence-corrected chi connectivity index (χ4v) is 4.84. The van der Waals surface area contributed by atoms with Gasteiger partial charge >= 0.3 is 0 Å². The predicted molar refractivity (Wildman–Crippen MR) is 83.5 cm³/mol. The van der Waals surface area contributed by atoms with Crippen LogP contribution in [0.5, 0.6) is 0 Å². The lowest BCUT2D eigenvalue weighted by atomic mass is 10.0. The van der Waals surface area contributed by atoms with Crippen molar-refractivity contribution in [3.63, 3.8) is 0 Å². The molecule has 1 N–H and O–H groups in total. The molecule has 0 amide bonds. The van der Waals surface area contributed by atoms with Crippen LogP contribution in [0.1, 0.15) is 51.0 Å². The van der Waals surface area contributed by atoms with Gasteiger partial charge in [-0.15, -0.1) is 11.3 Å². The van der Waals surface area contributed by atoms with E-state index in [0.29, 0.717) is 0 Å². The molecule has 0 spiro atoms. The van der Waals surface area contributed by atoms with Crippen molar-refractivity contribution < 1.29 is 5.11 Å². The van der Waals surface area contributed by atoms with Gasteiger partial charge in [0.15, 0.2) is 0 Å². The Kier molecular flexibility index (Phi) is 3.16.